The summed E-state index contributed by atoms with van der Waals surface area (Å²) >= 11 is 0. The molecule has 28 heavy (non-hydrogen) atoms. The molecule has 1 aromatic heterocycles. The maximum Gasteiger partial charge on any atom is 0.245 e. The van der Waals surface area contributed by atoms with E-state index in [0.717, 1.165) is 16.3 Å². The van der Waals surface area contributed by atoms with Crippen molar-refractivity contribution in [3.8, 4) is 0 Å². The molecule has 0 N–H and O–H groups in total. The average molecular weight is 480 g/mol. The van der Waals surface area contributed by atoms with E-state index < -0.39 is 0 Å². The number of aryl methyl sites for hydroxylation is 1. The third-order valence-corrected chi connectivity index (χ3v) is 5.18. The maximum atomic E-state index is 13.3. The number of hydrogen-bond acceptors (Lipinski definition) is 2. The van der Waals surface area contributed by atoms with Crippen LogP contribution in [0.15, 0.2) is 73.1 Å². The van der Waals surface area contributed by atoms with Gasteiger partial charge in [0.05, 0.1) is 7.05 Å². The average Bonchev–Trinajstić information content (AvgIpc) is 3.02. The third-order valence-electron chi connectivity index (χ3n) is 5.18. The monoisotopic (exact) mass is 480 g/mol. The molecule has 4 aromatic rings. The second-order valence-corrected chi connectivity index (χ2v) is 6.94. The van der Waals surface area contributed by atoms with E-state index in [4.69, 9.17) is 0 Å². The molecule has 0 saturated heterocycles. The Labute approximate surface area is 179 Å². The number of halogens is 1. The number of carbonyl (C=O) groups excluding carboxylic acids is 2. The molecule has 5 heteroatoms. The molecule has 3 aromatic carbocycles. The topological polar surface area (TPSA) is 43.0 Å². The van der Waals surface area contributed by atoms with Crippen molar-refractivity contribution < 1.29 is 38.1 Å². The second-order valence-electron chi connectivity index (χ2n) is 6.94. The molecule has 0 bridgehead atoms. The number of rotatable bonds is 2. The summed E-state index contributed by atoms with van der Waals surface area (Å²) < 4.78 is 3.64. The van der Waals surface area contributed by atoms with E-state index in [-0.39, 0.29) is 35.5 Å². The molecule has 1 aliphatic rings. The van der Waals surface area contributed by atoms with Crippen LogP contribution < -0.4 is 28.5 Å². The summed E-state index contributed by atoms with van der Waals surface area (Å²) in [6.07, 6.45) is 1.83. The summed E-state index contributed by atoms with van der Waals surface area (Å²) in [7, 11) is 1.82. The Morgan fingerprint density at radius 3 is 2.04 bits per heavy atom. The van der Waals surface area contributed by atoms with Gasteiger partial charge in [-0.15, -0.1) is 0 Å². The molecule has 0 atom stereocenters. The highest BCUT2D eigenvalue weighted by Crippen LogP contribution is 2.29. The van der Waals surface area contributed by atoms with Crippen molar-refractivity contribution in [1.82, 2.24) is 4.57 Å². The van der Waals surface area contributed by atoms with Gasteiger partial charge in [0.2, 0.25) is 29.3 Å². The van der Waals surface area contributed by atoms with Gasteiger partial charge in [-0.25, -0.2) is 9.13 Å². The van der Waals surface area contributed by atoms with Crippen LogP contribution in [0.2, 0.25) is 0 Å². The number of benzene rings is 3. The molecule has 138 valence electrons. The summed E-state index contributed by atoms with van der Waals surface area (Å²) in [5.41, 5.74) is 2.98. The molecule has 0 spiro atoms. The van der Waals surface area contributed by atoms with Crippen LogP contribution in [-0.2, 0) is 13.6 Å². The zero-order valence-electron chi connectivity index (χ0n) is 15.2. The Morgan fingerprint density at radius 2 is 1.39 bits per heavy atom. The number of ketones is 2. The molecular weight excluding hydrogens is 463 g/mol. The summed E-state index contributed by atoms with van der Waals surface area (Å²) in [5, 5.41) is 1.93. The number of nitrogens with zero attached hydrogens (tertiary/aromatic N) is 2. The van der Waals surface area contributed by atoms with Crippen LogP contribution in [0.5, 0.6) is 0 Å². The van der Waals surface area contributed by atoms with Gasteiger partial charge in [0.1, 0.15) is 6.54 Å². The van der Waals surface area contributed by atoms with Gasteiger partial charge in [-0.2, -0.15) is 0 Å². The lowest BCUT2D eigenvalue weighted by Crippen LogP contribution is -3.00. The van der Waals surface area contributed by atoms with Crippen LogP contribution >= 0.6 is 0 Å². The first kappa shape index (κ1) is 18.6. The quantitative estimate of drug-likeness (QED) is 0.270. The van der Waals surface area contributed by atoms with Crippen molar-refractivity contribution >= 4 is 22.3 Å². The Balaban J connectivity index is 0.00000192. The number of carbonyl (C=O) groups is 2. The van der Waals surface area contributed by atoms with Gasteiger partial charge >= 0.3 is 0 Å². The Morgan fingerprint density at radius 1 is 0.821 bits per heavy atom. The van der Waals surface area contributed by atoms with Crippen molar-refractivity contribution in [2.45, 2.75) is 6.54 Å². The normalized spacial score (nSPS) is 12.5. The van der Waals surface area contributed by atoms with E-state index in [0.29, 0.717) is 29.1 Å². The fourth-order valence-electron chi connectivity index (χ4n) is 3.90. The number of imidazole rings is 1. The number of fused-ring (bicyclic) bond motifs is 3. The smallest absolute Gasteiger partial charge is 0.245 e. The van der Waals surface area contributed by atoms with Gasteiger partial charge in [-0.05, 0) is 28.5 Å². The molecule has 4 nitrogen and oxygen atoms in total. The number of aromatic nitrogens is 2. The van der Waals surface area contributed by atoms with Crippen molar-refractivity contribution in [3.63, 3.8) is 0 Å². The molecule has 0 amide bonds. The summed E-state index contributed by atoms with van der Waals surface area (Å²) in [6.45, 7) is 0.548. The standard InChI is InChI=1S/C23H17N2O2.HI/c1-24-14-25(13-15-7-3-2-4-8-15)21-20(24)22(26)18-11-16-9-5-6-10-17(16)12-19(18)23(21)27;/h2-12,14H,13H2,1H3;1H/q+1;/p-1. The van der Waals surface area contributed by atoms with Gasteiger partial charge in [0, 0.05) is 11.1 Å². The Kier molecular flexibility index (Phi) is 4.63. The minimum Gasteiger partial charge on any atom is -1.00 e. The molecule has 0 fully saturated rings. The highest BCUT2D eigenvalue weighted by molar-refractivity contribution is 6.27. The van der Waals surface area contributed by atoms with Crippen molar-refractivity contribution in [3.05, 3.63) is 101 Å². The third kappa shape index (κ3) is 2.77. The lowest BCUT2D eigenvalue weighted by atomic mass is 9.87. The SMILES string of the molecule is C[n+]1cn(Cc2ccccc2)c2c1C(=O)c1cc3ccccc3cc1C2=O.[I-]. The minimum absolute atomic E-state index is 0. The van der Waals surface area contributed by atoms with Gasteiger partial charge in [-0.3, -0.25) is 9.59 Å². The lowest BCUT2D eigenvalue weighted by Gasteiger charge is -2.14. The molecule has 5 rings (SSSR count). The van der Waals surface area contributed by atoms with Crippen LogP contribution in [0, 0.1) is 0 Å². The largest absolute Gasteiger partial charge is 1.00 e. The maximum absolute atomic E-state index is 13.3. The van der Waals surface area contributed by atoms with Gasteiger partial charge in [0.25, 0.3) is 0 Å². The summed E-state index contributed by atoms with van der Waals surface area (Å²) in [6, 6.07) is 21.4. The fraction of sp³-hybridized carbons (Fsp3) is 0.0870. The highest BCUT2D eigenvalue weighted by Gasteiger charge is 2.40. The fourth-order valence-corrected chi connectivity index (χ4v) is 3.90. The summed E-state index contributed by atoms with van der Waals surface area (Å²) in [4.78, 5) is 26.5. The van der Waals surface area contributed by atoms with Crippen molar-refractivity contribution in [1.29, 1.82) is 0 Å². The molecule has 0 aliphatic heterocycles. The molecule has 1 aliphatic carbocycles. The van der Waals surface area contributed by atoms with Gasteiger partial charge < -0.3 is 24.0 Å². The second kappa shape index (κ2) is 6.98. The van der Waals surface area contributed by atoms with Crippen LogP contribution in [0.4, 0.5) is 0 Å². The summed E-state index contributed by atoms with van der Waals surface area (Å²) in [5.74, 6) is -0.193. The van der Waals surface area contributed by atoms with Crippen LogP contribution in [-0.4, -0.2) is 16.1 Å². The van der Waals surface area contributed by atoms with Crippen LogP contribution in [0.3, 0.4) is 0 Å². The first-order valence-electron chi connectivity index (χ1n) is 8.88. The van der Waals surface area contributed by atoms with E-state index in [1.54, 1.807) is 4.57 Å². The van der Waals surface area contributed by atoms with Gasteiger partial charge in [0.15, 0.2) is 0 Å². The van der Waals surface area contributed by atoms with E-state index in [1.165, 1.54) is 0 Å². The van der Waals surface area contributed by atoms with E-state index in [2.05, 4.69) is 0 Å². The number of hydrogen-bond donors (Lipinski definition) is 0. The van der Waals surface area contributed by atoms with Crippen LogP contribution in [0.1, 0.15) is 37.7 Å². The lowest BCUT2D eigenvalue weighted by molar-refractivity contribution is -0.672. The Bertz CT molecular complexity index is 1240. The highest BCUT2D eigenvalue weighted by atomic mass is 127. The molecule has 0 saturated carbocycles. The predicted octanol–water partition coefficient (Wildman–Crippen LogP) is 0.293. The van der Waals surface area contributed by atoms with E-state index >= 15 is 0 Å². The first-order valence-corrected chi connectivity index (χ1v) is 8.88. The molecular formula is C23H17IN2O2. The molecule has 1 heterocycles. The van der Waals surface area contributed by atoms with E-state index in [9.17, 15) is 9.59 Å². The first-order chi connectivity index (χ1) is 13.1. The Hall–Kier alpha value is -2.80. The van der Waals surface area contributed by atoms with Crippen LogP contribution in [0.25, 0.3) is 10.8 Å². The minimum atomic E-state index is -0.0975. The zero-order valence-corrected chi connectivity index (χ0v) is 17.4. The molecule has 0 radical (unpaired) electrons. The zero-order chi connectivity index (χ0) is 18.5. The predicted molar refractivity (Wildman–Crippen MR) is 102 cm³/mol. The van der Waals surface area contributed by atoms with Crippen molar-refractivity contribution in [2.24, 2.45) is 7.05 Å². The van der Waals surface area contributed by atoms with Crippen molar-refractivity contribution in [2.75, 3.05) is 0 Å². The van der Waals surface area contributed by atoms with Gasteiger partial charge in [-0.1, -0.05) is 54.6 Å². The molecule has 0 unspecified atom stereocenters. The van der Waals surface area contributed by atoms with E-state index in [1.807, 2.05) is 84.7 Å².